The van der Waals surface area contributed by atoms with Crippen LogP contribution in [0.1, 0.15) is 40.1 Å². The largest absolute Gasteiger partial charge is 0.497 e. The number of rotatable bonds is 11. The third-order valence-corrected chi connectivity index (χ3v) is 8.83. The summed E-state index contributed by atoms with van der Waals surface area (Å²) in [7, 11) is -0.662. The van der Waals surface area contributed by atoms with Crippen molar-refractivity contribution in [3.8, 4) is 11.5 Å². The number of carbonyl (C=O) groups excluding carboxylic acids is 1. The quantitative estimate of drug-likeness (QED) is 0.296. The Balaban J connectivity index is 1.67. The lowest BCUT2D eigenvalue weighted by molar-refractivity contribution is 0.0343. The van der Waals surface area contributed by atoms with Gasteiger partial charge < -0.3 is 24.6 Å². The number of nitrogens with zero attached hydrogens (tertiary/aromatic N) is 2. The number of anilines is 1. The zero-order valence-corrected chi connectivity index (χ0v) is 25.4. The molecule has 3 N–H and O–H groups in total. The van der Waals surface area contributed by atoms with Crippen LogP contribution in [0.15, 0.2) is 71.6 Å². The molecule has 0 saturated carbocycles. The van der Waals surface area contributed by atoms with E-state index in [-0.39, 0.29) is 45.9 Å². The summed E-state index contributed by atoms with van der Waals surface area (Å²) < 4.78 is 40.9. The van der Waals surface area contributed by atoms with Gasteiger partial charge in [-0.25, -0.2) is 13.2 Å². The summed E-state index contributed by atoms with van der Waals surface area (Å²) in [6, 6.07) is 16.8. The van der Waals surface area contributed by atoms with Crippen molar-refractivity contribution in [2.24, 2.45) is 5.92 Å². The average Bonchev–Trinajstić information content (AvgIpc) is 2.99. The van der Waals surface area contributed by atoms with Crippen LogP contribution in [-0.4, -0.2) is 86.3 Å². The maximum Gasteiger partial charge on any atom is 0.335 e. The number of aliphatic hydroxyl groups is 1. The predicted molar refractivity (Wildman–Crippen MR) is 161 cm³/mol. The van der Waals surface area contributed by atoms with Crippen molar-refractivity contribution >= 4 is 27.6 Å². The van der Waals surface area contributed by atoms with Gasteiger partial charge in [0.25, 0.3) is 15.9 Å². The van der Waals surface area contributed by atoms with Gasteiger partial charge in [-0.05, 0) is 68.1 Å². The number of amides is 1. The lowest BCUT2D eigenvalue weighted by Crippen LogP contribution is -2.49. The number of ether oxygens (including phenoxy) is 2. The highest BCUT2D eigenvalue weighted by Crippen LogP contribution is 2.36. The molecule has 1 amide bonds. The summed E-state index contributed by atoms with van der Waals surface area (Å²) in [5, 5.41) is 19.1. The number of sulfonamides is 1. The molecule has 0 fully saturated rings. The van der Waals surface area contributed by atoms with E-state index in [0.29, 0.717) is 25.4 Å². The SMILES string of the molecule is COc1ccc(S(=O)(=O)Nc2cccc3c2O[C@H](CN(C)Cc2ccc(C(=O)O)cc2)[C@@H](C)CN([C@H](C)CO)C3=O)cc1. The number of hydrogen-bond donors (Lipinski definition) is 3. The summed E-state index contributed by atoms with van der Waals surface area (Å²) >= 11 is 0. The first kappa shape index (κ1) is 31.8. The summed E-state index contributed by atoms with van der Waals surface area (Å²) in [5.74, 6) is -0.955. The number of hydrogen-bond acceptors (Lipinski definition) is 8. The molecule has 230 valence electrons. The highest BCUT2D eigenvalue weighted by molar-refractivity contribution is 7.92. The number of benzene rings is 3. The van der Waals surface area contributed by atoms with Gasteiger partial charge in [-0.3, -0.25) is 14.4 Å². The van der Waals surface area contributed by atoms with Gasteiger partial charge in [0.2, 0.25) is 0 Å². The number of para-hydroxylation sites is 1. The molecule has 12 heteroatoms. The maximum atomic E-state index is 13.7. The van der Waals surface area contributed by atoms with Crippen molar-refractivity contribution in [3.63, 3.8) is 0 Å². The lowest BCUT2D eigenvalue weighted by Gasteiger charge is -2.38. The van der Waals surface area contributed by atoms with E-state index in [2.05, 4.69) is 4.72 Å². The van der Waals surface area contributed by atoms with Crippen molar-refractivity contribution in [1.29, 1.82) is 0 Å². The maximum absolute atomic E-state index is 13.7. The standard InChI is InChI=1S/C31H37N3O8S/c1-20-16-34(21(2)19-35)30(36)26-6-5-7-27(32-43(39,40)25-14-12-24(41-4)13-15-25)29(26)42-28(20)18-33(3)17-22-8-10-23(11-9-22)31(37)38/h5-15,20-21,28,32,35H,16-19H2,1-4H3,(H,37,38)/t20-,21+,28+/m0/s1. The average molecular weight is 612 g/mol. The second kappa shape index (κ2) is 13.4. The molecule has 4 rings (SSSR count). The molecule has 11 nitrogen and oxygen atoms in total. The summed E-state index contributed by atoms with van der Waals surface area (Å²) in [6.45, 7) is 4.69. The van der Waals surface area contributed by atoms with E-state index >= 15 is 0 Å². The summed E-state index contributed by atoms with van der Waals surface area (Å²) in [5.41, 5.74) is 1.40. The smallest absolute Gasteiger partial charge is 0.335 e. The van der Waals surface area contributed by atoms with E-state index in [0.717, 1.165) is 5.56 Å². The Morgan fingerprint density at radius 1 is 1.14 bits per heavy atom. The molecule has 0 unspecified atom stereocenters. The van der Waals surface area contributed by atoms with Gasteiger partial charge in [-0.1, -0.05) is 25.1 Å². The van der Waals surface area contributed by atoms with Crippen molar-refractivity contribution in [3.05, 3.63) is 83.4 Å². The van der Waals surface area contributed by atoms with Crippen LogP contribution in [0.4, 0.5) is 5.69 Å². The molecule has 43 heavy (non-hydrogen) atoms. The van der Waals surface area contributed by atoms with Gasteiger partial charge in [-0.2, -0.15) is 0 Å². The second-order valence-electron chi connectivity index (χ2n) is 10.8. The normalized spacial score (nSPS) is 17.8. The Morgan fingerprint density at radius 2 is 1.81 bits per heavy atom. The Hall–Kier alpha value is -4.13. The summed E-state index contributed by atoms with van der Waals surface area (Å²) in [6.07, 6.45) is -0.477. The van der Waals surface area contributed by atoms with Gasteiger partial charge in [0.1, 0.15) is 11.9 Å². The fraction of sp³-hybridized carbons (Fsp3) is 0.355. The van der Waals surface area contributed by atoms with Gasteiger partial charge >= 0.3 is 5.97 Å². The minimum Gasteiger partial charge on any atom is -0.497 e. The number of carbonyl (C=O) groups is 2. The van der Waals surface area contributed by atoms with Crippen LogP contribution in [-0.2, 0) is 16.6 Å². The minimum absolute atomic E-state index is 0.0113. The zero-order valence-electron chi connectivity index (χ0n) is 24.6. The zero-order chi connectivity index (χ0) is 31.3. The van der Waals surface area contributed by atoms with Crippen LogP contribution in [0, 0.1) is 5.92 Å². The second-order valence-corrected chi connectivity index (χ2v) is 12.5. The minimum atomic E-state index is -4.05. The molecule has 0 radical (unpaired) electrons. The van der Waals surface area contributed by atoms with Gasteiger partial charge in [0.15, 0.2) is 5.75 Å². The molecular weight excluding hydrogens is 574 g/mol. The van der Waals surface area contributed by atoms with Crippen LogP contribution in [0.5, 0.6) is 11.5 Å². The van der Waals surface area contributed by atoms with Crippen molar-refractivity contribution < 1.29 is 37.7 Å². The van der Waals surface area contributed by atoms with Crippen molar-refractivity contribution in [1.82, 2.24) is 9.80 Å². The fourth-order valence-corrected chi connectivity index (χ4v) is 6.00. The number of aromatic carboxylic acids is 1. The van der Waals surface area contributed by atoms with Gasteiger partial charge in [-0.15, -0.1) is 0 Å². The van der Waals surface area contributed by atoms with Gasteiger partial charge in [0.05, 0.1) is 41.5 Å². The number of carboxylic acid groups (broad SMARTS) is 1. The third kappa shape index (κ3) is 7.45. The van der Waals surface area contributed by atoms with Crippen LogP contribution in [0.2, 0.25) is 0 Å². The highest BCUT2D eigenvalue weighted by Gasteiger charge is 2.35. The number of methoxy groups -OCH3 is 1. The van der Waals surface area contributed by atoms with Crippen molar-refractivity contribution in [2.45, 2.75) is 37.4 Å². The number of likely N-dealkylation sites (N-methyl/N-ethyl adjacent to an activating group) is 1. The first-order chi connectivity index (χ1) is 20.4. The summed E-state index contributed by atoms with van der Waals surface area (Å²) in [4.78, 5) is 28.6. The molecule has 3 aromatic carbocycles. The molecule has 0 aliphatic carbocycles. The number of nitrogens with one attached hydrogen (secondary N) is 1. The molecule has 1 aliphatic rings. The van der Waals surface area contributed by atoms with Crippen LogP contribution < -0.4 is 14.2 Å². The fourth-order valence-electron chi connectivity index (χ4n) is 4.94. The number of aliphatic hydroxyl groups excluding tert-OH is 1. The first-order valence-electron chi connectivity index (χ1n) is 13.8. The van der Waals surface area contributed by atoms with Crippen LogP contribution in [0.25, 0.3) is 0 Å². The monoisotopic (exact) mass is 611 g/mol. The predicted octanol–water partition coefficient (Wildman–Crippen LogP) is 3.55. The third-order valence-electron chi connectivity index (χ3n) is 7.45. The van der Waals surface area contributed by atoms with Gasteiger partial charge in [0, 0.05) is 25.6 Å². The molecule has 3 atom stereocenters. The van der Waals surface area contributed by atoms with Crippen LogP contribution >= 0.6 is 0 Å². The molecule has 0 aromatic heterocycles. The first-order valence-corrected chi connectivity index (χ1v) is 15.3. The van der Waals surface area contributed by atoms with E-state index in [9.17, 15) is 28.2 Å². The molecule has 0 spiro atoms. The molecule has 1 aliphatic heterocycles. The lowest BCUT2D eigenvalue weighted by atomic mass is 9.99. The van der Waals surface area contributed by atoms with E-state index < -0.39 is 28.1 Å². The Bertz CT molecular complexity index is 1540. The van der Waals surface area contributed by atoms with E-state index in [4.69, 9.17) is 9.47 Å². The Labute approximate surface area is 251 Å². The molecule has 0 saturated heterocycles. The van der Waals surface area contributed by atoms with E-state index in [1.165, 1.54) is 19.2 Å². The highest BCUT2D eigenvalue weighted by atomic mass is 32.2. The number of fused-ring (bicyclic) bond motifs is 1. The van der Waals surface area contributed by atoms with Crippen molar-refractivity contribution in [2.75, 3.05) is 38.6 Å². The van der Waals surface area contributed by atoms with E-state index in [1.54, 1.807) is 66.4 Å². The molecule has 0 bridgehead atoms. The van der Waals surface area contributed by atoms with Crippen LogP contribution in [0.3, 0.4) is 0 Å². The molecular formula is C31H37N3O8S. The van der Waals surface area contributed by atoms with E-state index in [1.807, 2.05) is 18.9 Å². The molecule has 1 heterocycles. The Morgan fingerprint density at radius 3 is 2.42 bits per heavy atom. The topological polar surface area (TPSA) is 146 Å². The molecule has 3 aromatic rings. The Kier molecular flexibility index (Phi) is 9.95. The number of carboxylic acids is 1.